The predicted octanol–water partition coefficient (Wildman–Crippen LogP) is 5.27. The fraction of sp³-hybridized carbons (Fsp3) is 0.200. The van der Waals surface area contributed by atoms with E-state index in [2.05, 4.69) is 0 Å². The maximum atomic E-state index is 10.8. The van der Waals surface area contributed by atoms with Crippen molar-refractivity contribution in [2.24, 2.45) is 0 Å². The summed E-state index contributed by atoms with van der Waals surface area (Å²) in [4.78, 5) is 0. The minimum absolute atomic E-state index is 0.246. The van der Waals surface area contributed by atoms with Crippen molar-refractivity contribution in [1.82, 2.24) is 0 Å². The third-order valence-electron chi connectivity index (χ3n) is 3.12. The van der Waals surface area contributed by atoms with Gasteiger partial charge < -0.3 is 4.57 Å². The van der Waals surface area contributed by atoms with Gasteiger partial charge >= 0.3 is 0 Å². The lowest BCUT2D eigenvalue weighted by atomic mass is 9.89. The molecule has 1 nitrogen and oxygen atoms in total. The van der Waals surface area contributed by atoms with Crippen LogP contribution < -0.4 is 0 Å². The summed E-state index contributed by atoms with van der Waals surface area (Å²) in [5, 5.41) is 1.46. The first-order valence-electron chi connectivity index (χ1n) is 6.15. The highest BCUT2D eigenvalue weighted by Gasteiger charge is 2.13. The Morgan fingerprint density at radius 1 is 0.842 bits per heavy atom. The third-order valence-corrected chi connectivity index (χ3v) is 4.19. The molecule has 0 aliphatic carbocycles. The molecule has 0 spiro atoms. The molecule has 4 heteroatoms. The predicted molar refractivity (Wildman–Crippen MR) is 84.6 cm³/mol. The fourth-order valence-corrected chi connectivity index (χ4v) is 2.87. The Kier molecular flexibility index (Phi) is 5.51. The molecule has 2 rings (SSSR count). The highest BCUT2D eigenvalue weighted by Crippen LogP contribution is 2.30. The molecule has 0 radical (unpaired) electrons. The first kappa shape index (κ1) is 14.7. The van der Waals surface area contributed by atoms with Crippen LogP contribution in [-0.2, 0) is 4.57 Å². The van der Waals surface area contributed by atoms with Crippen LogP contribution in [0.15, 0.2) is 48.5 Å². The second kappa shape index (κ2) is 7.14. The zero-order valence-electron chi connectivity index (χ0n) is 10.4. The standard InChI is InChI=1S/C15H15Cl2OP/c16-13-5-1-11(2-6-13)15(9-10-19-18)12-3-7-14(17)8-4-12/h1-8,15H,9-10,19H2. The summed E-state index contributed by atoms with van der Waals surface area (Å²) in [6, 6.07) is 15.7. The summed E-state index contributed by atoms with van der Waals surface area (Å²) >= 11 is 11.8. The number of halogens is 2. The lowest BCUT2D eigenvalue weighted by Gasteiger charge is -2.17. The van der Waals surface area contributed by atoms with Crippen LogP contribution in [0.4, 0.5) is 0 Å². The smallest absolute Gasteiger partial charge is 0.0645 e. The number of rotatable bonds is 5. The van der Waals surface area contributed by atoms with Gasteiger partial charge in [-0.15, -0.1) is 0 Å². The van der Waals surface area contributed by atoms with Crippen molar-refractivity contribution in [2.75, 3.05) is 6.16 Å². The summed E-state index contributed by atoms with van der Waals surface area (Å²) in [6.45, 7) is 0. The molecule has 0 saturated heterocycles. The van der Waals surface area contributed by atoms with Gasteiger partial charge in [0.15, 0.2) is 0 Å². The quantitative estimate of drug-likeness (QED) is 0.687. The van der Waals surface area contributed by atoms with E-state index in [-0.39, 0.29) is 5.92 Å². The molecule has 19 heavy (non-hydrogen) atoms. The van der Waals surface area contributed by atoms with Gasteiger partial charge in [-0.3, -0.25) is 0 Å². The summed E-state index contributed by atoms with van der Waals surface area (Å²) < 4.78 is 10.8. The van der Waals surface area contributed by atoms with E-state index in [1.54, 1.807) is 0 Å². The molecule has 0 fully saturated rings. The van der Waals surface area contributed by atoms with Crippen molar-refractivity contribution in [2.45, 2.75) is 12.3 Å². The highest BCUT2D eigenvalue weighted by molar-refractivity contribution is 7.23. The van der Waals surface area contributed by atoms with Gasteiger partial charge in [0.1, 0.15) is 0 Å². The normalized spacial score (nSPS) is 11.5. The van der Waals surface area contributed by atoms with Gasteiger partial charge in [-0.2, -0.15) is 0 Å². The van der Waals surface area contributed by atoms with Crippen LogP contribution in [0, 0.1) is 0 Å². The molecule has 1 unspecified atom stereocenters. The van der Waals surface area contributed by atoms with Crippen LogP contribution >= 0.6 is 31.7 Å². The molecule has 0 bridgehead atoms. The van der Waals surface area contributed by atoms with Crippen LogP contribution in [0.25, 0.3) is 0 Å². The molecule has 0 aliphatic heterocycles. The zero-order valence-corrected chi connectivity index (χ0v) is 13.0. The van der Waals surface area contributed by atoms with Crippen LogP contribution in [0.5, 0.6) is 0 Å². The minimum atomic E-state index is -0.711. The summed E-state index contributed by atoms with van der Waals surface area (Å²) in [6.07, 6.45) is 1.62. The van der Waals surface area contributed by atoms with E-state index < -0.39 is 8.46 Å². The molecule has 0 heterocycles. The maximum Gasteiger partial charge on any atom is 0.0645 e. The lowest BCUT2D eigenvalue weighted by molar-refractivity contribution is 0.595. The van der Waals surface area contributed by atoms with E-state index in [0.717, 1.165) is 22.6 Å². The SMILES string of the molecule is O=[PH2]CCC(c1ccc(Cl)cc1)c1ccc(Cl)cc1. The van der Waals surface area contributed by atoms with E-state index in [1.165, 1.54) is 11.1 Å². The maximum absolute atomic E-state index is 10.8. The van der Waals surface area contributed by atoms with Gasteiger partial charge in [0.2, 0.25) is 0 Å². The first-order chi connectivity index (χ1) is 9.20. The van der Waals surface area contributed by atoms with Crippen LogP contribution in [-0.4, -0.2) is 6.16 Å². The second-order valence-corrected chi connectivity index (χ2v) is 6.18. The summed E-state index contributed by atoms with van der Waals surface area (Å²) in [7, 11) is -0.711. The number of benzene rings is 2. The van der Waals surface area contributed by atoms with Crippen LogP contribution in [0.1, 0.15) is 23.5 Å². The average Bonchev–Trinajstić information content (AvgIpc) is 2.43. The van der Waals surface area contributed by atoms with Gasteiger partial charge in [-0.25, -0.2) is 0 Å². The molecule has 0 aliphatic rings. The Labute approximate surface area is 124 Å². The van der Waals surface area contributed by atoms with Gasteiger partial charge in [-0.05, 0) is 48.0 Å². The van der Waals surface area contributed by atoms with Crippen LogP contribution in [0.2, 0.25) is 10.0 Å². The van der Waals surface area contributed by atoms with Gasteiger partial charge in [-0.1, -0.05) is 47.5 Å². The van der Waals surface area contributed by atoms with E-state index in [1.807, 2.05) is 48.5 Å². The lowest BCUT2D eigenvalue weighted by Crippen LogP contribution is -2.02. The van der Waals surface area contributed by atoms with Crippen LogP contribution in [0.3, 0.4) is 0 Å². The van der Waals surface area contributed by atoms with E-state index in [0.29, 0.717) is 0 Å². The van der Waals surface area contributed by atoms with Crippen molar-refractivity contribution < 1.29 is 4.57 Å². The van der Waals surface area contributed by atoms with Crippen molar-refractivity contribution in [3.8, 4) is 0 Å². The van der Waals surface area contributed by atoms with Crippen molar-refractivity contribution in [3.05, 3.63) is 69.7 Å². The van der Waals surface area contributed by atoms with Gasteiger partial charge in [0.05, 0.1) is 8.46 Å². The Hall–Kier alpha value is -0.750. The van der Waals surface area contributed by atoms with E-state index >= 15 is 0 Å². The molecular formula is C15H15Cl2OP. The van der Waals surface area contributed by atoms with Crippen molar-refractivity contribution in [1.29, 1.82) is 0 Å². The largest absolute Gasteiger partial charge is 0.330 e. The third kappa shape index (κ3) is 4.11. The summed E-state index contributed by atoms with van der Waals surface area (Å²) in [5.74, 6) is 0.246. The number of hydrogen-bond donors (Lipinski definition) is 0. The fourth-order valence-electron chi connectivity index (χ4n) is 2.15. The Morgan fingerprint density at radius 3 is 1.63 bits per heavy atom. The van der Waals surface area contributed by atoms with E-state index in [9.17, 15) is 4.57 Å². The molecular weight excluding hydrogens is 298 g/mol. The summed E-state index contributed by atoms with van der Waals surface area (Å²) in [5.41, 5.74) is 2.39. The monoisotopic (exact) mass is 312 g/mol. The average molecular weight is 313 g/mol. The zero-order chi connectivity index (χ0) is 13.7. The molecule has 2 aromatic rings. The molecule has 1 atom stereocenters. The molecule has 0 saturated carbocycles. The number of hydrogen-bond acceptors (Lipinski definition) is 1. The molecule has 0 amide bonds. The topological polar surface area (TPSA) is 17.1 Å². The van der Waals surface area contributed by atoms with Gasteiger partial charge in [0.25, 0.3) is 0 Å². The van der Waals surface area contributed by atoms with Crippen molar-refractivity contribution >= 4 is 31.7 Å². The Morgan fingerprint density at radius 2 is 1.26 bits per heavy atom. The molecule has 0 N–H and O–H groups in total. The molecule has 0 aromatic heterocycles. The molecule has 2 aromatic carbocycles. The Balaban J connectivity index is 2.31. The van der Waals surface area contributed by atoms with Crippen molar-refractivity contribution in [3.63, 3.8) is 0 Å². The highest BCUT2D eigenvalue weighted by atomic mass is 35.5. The Bertz CT molecular complexity index is 492. The van der Waals surface area contributed by atoms with E-state index in [4.69, 9.17) is 23.2 Å². The molecule has 100 valence electrons. The minimum Gasteiger partial charge on any atom is -0.330 e. The first-order valence-corrected chi connectivity index (χ1v) is 8.19. The second-order valence-electron chi connectivity index (χ2n) is 4.40. The van der Waals surface area contributed by atoms with Gasteiger partial charge in [0, 0.05) is 16.0 Å².